The second kappa shape index (κ2) is 7.45. The van der Waals surface area contributed by atoms with Crippen molar-refractivity contribution in [1.29, 1.82) is 0 Å². The van der Waals surface area contributed by atoms with Crippen molar-refractivity contribution in [3.05, 3.63) is 59.0 Å². The molecule has 2 aromatic heterocycles. The number of aromatic nitrogens is 3. The summed E-state index contributed by atoms with van der Waals surface area (Å²) < 4.78 is 6.79. The molecular weight excluding hydrogens is 348 g/mol. The standard InChI is InChI=1S/C19H20N4O4/c1-11-7-17-20-10-15(12(2)23(17)22-11)19(26)21-16(9-18(24)25)13-5-4-6-14(8-13)27-3/h4-8,10,16H,9H2,1-3H3,(H,21,26)(H,24,25). The van der Waals surface area contributed by atoms with Crippen molar-refractivity contribution >= 4 is 17.5 Å². The number of hydrogen-bond acceptors (Lipinski definition) is 5. The molecule has 2 N–H and O–H groups in total. The quantitative estimate of drug-likeness (QED) is 0.692. The molecule has 1 amide bonds. The number of amides is 1. The zero-order valence-electron chi connectivity index (χ0n) is 15.3. The van der Waals surface area contributed by atoms with Crippen LogP contribution in [0.3, 0.4) is 0 Å². The molecule has 3 aromatic rings. The fourth-order valence-electron chi connectivity index (χ4n) is 2.91. The number of ether oxygens (including phenoxy) is 1. The van der Waals surface area contributed by atoms with E-state index in [1.165, 1.54) is 13.3 Å². The van der Waals surface area contributed by atoms with Crippen LogP contribution in [-0.4, -0.2) is 38.7 Å². The molecule has 0 saturated carbocycles. The summed E-state index contributed by atoms with van der Waals surface area (Å²) >= 11 is 0. The summed E-state index contributed by atoms with van der Waals surface area (Å²) in [4.78, 5) is 28.4. The first kappa shape index (κ1) is 18.4. The van der Waals surface area contributed by atoms with Crippen LogP contribution in [0.4, 0.5) is 0 Å². The van der Waals surface area contributed by atoms with Crippen molar-refractivity contribution in [2.45, 2.75) is 26.3 Å². The van der Waals surface area contributed by atoms with E-state index < -0.39 is 17.9 Å². The van der Waals surface area contributed by atoms with Gasteiger partial charge in [-0.2, -0.15) is 5.10 Å². The molecule has 2 heterocycles. The number of aliphatic carboxylic acids is 1. The Kier molecular flexibility index (Phi) is 5.07. The summed E-state index contributed by atoms with van der Waals surface area (Å²) in [5.41, 5.74) is 3.06. The number of hydrogen-bond donors (Lipinski definition) is 2. The van der Waals surface area contributed by atoms with E-state index in [2.05, 4.69) is 15.4 Å². The molecule has 0 radical (unpaired) electrons. The summed E-state index contributed by atoms with van der Waals surface area (Å²) in [6.45, 7) is 3.62. The lowest BCUT2D eigenvalue weighted by atomic mass is 10.0. The number of fused-ring (bicyclic) bond motifs is 1. The van der Waals surface area contributed by atoms with Gasteiger partial charge in [0.1, 0.15) is 5.75 Å². The minimum absolute atomic E-state index is 0.255. The Balaban J connectivity index is 1.92. The predicted octanol–water partition coefficient (Wildman–Crippen LogP) is 2.30. The van der Waals surface area contributed by atoms with Crippen molar-refractivity contribution in [2.24, 2.45) is 0 Å². The number of methoxy groups -OCH3 is 1. The first-order valence-corrected chi connectivity index (χ1v) is 8.37. The van der Waals surface area contributed by atoms with E-state index in [0.29, 0.717) is 28.2 Å². The molecule has 1 atom stereocenters. The maximum atomic E-state index is 12.8. The number of carbonyl (C=O) groups is 2. The van der Waals surface area contributed by atoms with Crippen LogP contribution in [0, 0.1) is 13.8 Å². The van der Waals surface area contributed by atoms with Crippen molar-refractivity contribution in [3.8, 4) is 5.75 Å². The molecule has 140 valence electrons. The third-order valence-corrected chi connectivity index (χ3v) is 4.27. The van der Waals surface area contributed by atoms with Gasteiger partial charge < -0.3 is 15.2 Å². The Morgan fingerprint density at radius 3 is 2.78 bits per heavy atom. The van der Waals surface area contributed by atoms with Gasteiger partial charge in [0.05, 0.1) is 36.5 Å². The molecule has 0 aliphatic carbocycles. The Morgan fingerprint density at radius 2 is 2.07 bits per heavy atom. The van der Waals surface area contributed by atoms with Gasteiger partial charge in [-0.15, -0.1) is 0 Å². The van der Waals surface area contributed by atoms with E-state index in [-0.39, 0.29) is 6.42 Å². The number of carbonyl (C=O) groups excluding carboxylic acids is 1. The van der Waals surface area contributed by atoms with E-state index in [1.807, 2.05) is 13.0 Å². The highest BCUT2D eigenvalue weighted by atomic mass is 16.5. The lowest BCUT2D eigenvalue weighted by molar-refractivity contribution is -0.137. The molecule has 0 aliphatic heterocycles. The lowest BCUT2D eigenvalue weighted by Crippen LogP contribution is -2.31. The number of nitrogens with zero attached hydrogens (tertiary/aromatic N) is 3. The highest BCUT2D eigenvalue weighted by Gasteiger charge is 2.21. The fraction of sp³-hybridized carbons (Fsp3) is 0.263. The van der Waals surface area contributed by atoms with Crippen LogP contribution in [0.1, 0.15) is 39.8 Å². The second-order valence-corrected chi connectivity index (χ2v) is 6.21. The minimum Gasteiger partial charge on any atom is -0.497 e. The summed E-state index contributed by atoms with van der Waals surface area (Å²) in [5.74, 6) is -0.844. The zero-order valence-corrected chi connectivity index (χ0v) is 15.3. The van der Waals surface area contributed by atoms with E-state index in [4.69, 9.17) is 4.74 Å². The number of carboxylic acids is 1. The van der Waals surface area contributed by atoms with Crippen molar-refractivity contribution in [3.63, 3.8) is 0 Å². The third-order valence-electron chi connectivity index (χ3n) is 4.27. The van der Waals surface area contributed by atoms with Crippen molar-refractivity contribution < 1.29 is 19.4 Å². The highest BCUT2D eigenvalue weighted by molar-refractivity contribution is 5.95. The Labute approximate surface area is 155 Å². The van der Waals surface area contributed by atoms with Crippen LogP contribution in [-0.2, 0) is 4.79 Å². The van der Waals surface area contributed by atoms with Crippen LogP contribution in [0.15, 0.2) is 36.5 Å². The molecule has 8 nitrogen and oxygen atoms in total. The monoisotopic (exact) mass is 368 g/mol. The maximum absolute atomic E-state index is 12.8. The van der Waals surface area contributed by atoms with Crippen LogP contribution in [0.5, 0.6) is 5.75 Å². The molecule has 0 spiro atoms. The van der Waals surface area contributed by atoms with Gasteiger partial charge in [0, 0.05) is 12.3 Å². The highest BCUT2D eigenvalue weighted by Crippen LogP contribution is 2.23. The normalized spacial score (nSPS) is 12.0. The largest absolute Gasteiger partial charge is 0.497 e. The average Bonchev–Trinajstić information content (AvgIpc) is 3.02. The molecule has 3 rings (SSSR count). The topological polar surface area (TPSA) is 106 Å². The molecule has 8 heteroatoms. The van der Waals surface area contributed by atoms with Gasteiger partial charge in [-0.3, -0.25) is 9.59 Å². The van der Waals surface area contributed by atoms with Gasteiger partial charge in [0.15, 0.2) is 5.65 Å². The summed E-state index contributed by atoms with van der Waals surface area (Å²) in [7, 11) is 1.53. The summed E-state index contributed by atoms with van der Waals surface area (Å²) in [5, 5.41) is 16.4. The van der Waals surface area contributed by atoms with E-state index >= 15 is 0 Å². The van der Waals surface area contributed by atoms with E-state index in [0.717, 1.165) is 5.69 Å². The first-order chi connectivity index (χ1) is 12.9. The Morgan fingerprint density at radius 1 is 1.30 bits per heavy atom. The Hall–Kier alpha value is -3.42. The van der Waals surface area contributed by atoms with Crippen LogP contribution < -0.4 is 10.1 Å². The SMILES string of the molecule is COc1cccc(C(CC(=O)O)NC(=O)c2cnc3cc(C)nn3c2C)c1. The van der Waals surface area contributed by atoms with Gasteiger partial charge >= 0.3 is 5.97 Å². The summed E-state index contributed by atoms with van der Waals surface area (Å²) in [6, 6.07) is 8.07. The van der Waals surface area contributed by atoms with Crippen LogP contribution in [0.25, 0.3) is 5.65 Å². The minimum atomic E-state index is -1.02. The number of aryl methyl sites for hydroxylation is 2. The molecule has 0 bridgehead atoms. The molecule has 1 aromatic carbocycles. The fourth-order valence-corrected chi connectivity index (χ4v) is 2.91. The number of nitrogens with one attached hydrogen (secondary N) is 1. The molecular formula is C19H20N4O4. The molecule has 0 fully saturated rings. The van der Waals surface area contributed by atoms with Gasteiger partial charge in [0.25, 0.3) is 5.91 Å². The van der Waals surface area contributed by atoms with Gasteiger partial charge in [-0.05, 0) is 31.5 Å². The van der Waals surface area contributed by atoms with Crippen LogP contribution >= 0.6 is 0 Å². The molecule has 1 unspecified atom stereocenters. The van der Waals surface area contributed by atoms with Crippen molar-refractivity contribution in [1.82, 2.24) is 19.9 Å². The molecule has 0 saturated heterocycles. The maximum Gasteiger partial charge on any atom is 0.305 e. The number of carboxylic acid groups (broad SMARTS) is 1. The van der Waals surface area contributed by atoms with Crippen LogP contribution in [0.2, 0.25) is 0 Å². The lowest BCUT2D eigenvalue weighted by Gasteiger charge is -2.19. The predicted molar refractivity (Wildman–Crippen MR) is 97.9 cm³/mol. The van der Waals surface area contributed by atoms with Gasteiger partial charge in [-0.25, -0.2) is 9.50 Å². The Bertz CT molecular complexity index is 1010. The number of benzene rings is 1. The van der Waals surface area contributed by atoms with Gasteiger partial charge in [0.2, 0.25) is 0 Å². The second-order valence-electron chi connectivity index (χ2n) is 6.21. The molecule has 0 aliphatic rings. The van der Waals surface area contributed by atoms with E-state index in [1.54, 1.807) is 35.7 Å². The molecule has 27 heavy (non-hydrogen) atoms. The average molecular weight is 368 g/mol. The van der Waals surface area contributed by atoms with Gasteiger partial charge in [-0.1, -0.05) is 12.1 Å². The summed E-state index contributed by atoms with van der Waals surface area (Å²) in [6.07, 6.45) is 1.22. The van der Waals surface area contributed by atoms with E-state index in [9.17, 15) is 14.7 Å². The smallest absolute Gasteiger partial charge is 0.305 e. The zero-order chi connectivity index (χ0) is 19.6. The number of rotatable bonds is 6. The first-order valence-electron chi connectivity index (χ1n) is 8.37. The third kappa shape index (κ3) is 3.89. The van der Waals surface area contributed by atoms with Crippen molar-refractivity contribution in [2.75, 3.05) is 7.11 Å².